The molecule has 0 N–H and O–H groups in total. The second-order valence-corrected chi connectivity index (χ2v) is 11.1. The van der Waals surface area contributed by atoms with Crippen molar-refractivity contribution in [2.75, 3.05) is 59.5 Å². The summed E-state index contributed by atoms with van der Waals surface area (Å²) in [6.45, 7) is 10.6. The third-order valence-electron chi connectivity index (χ3n) is 6.89. The van der Waals surface area contributed by atoms with Crippen LogP contribution in [0.5, 0.6) is 23.0 Å². The lowest BCUT2D eigenvalue weighted by Gasteiger charge is -2.37. The predicted molar refractivity (Wildman–Crippen MR) is 171 cm³/mol. The van der Waals surface area contributed by atoms with Crippen LogP contribution in [0.25, 0.3) is 0 Å². The van der Waals surface area contributed by atoms with E-state index >= 15 is 0 Å². The van der Waals surface area contributed by atoms with Crippen molar-refractivity contribution in [3.05, 3.63) is 96.6 Å². The van der Waals surface area contributed by atoms with Gasteiger partial charge in [-0.3, -0.25) is 0 Å². The first kappa shape index (κ1) is 34.5. The summed E-state index contributed by atoms with van der Waals surface area (Å²) in [6.07, 6.45) is 2.98. The molecule has 1 fully saturated rings. The highest BCUT2D eigenvalue weighted by atomic mass is 16.6. The molecule has 0 spiro atoms. The van der Waals surface area contributed by atoms with Gasteiger partial charge < -0.3 is 37.9 Å². The van der Waals surface area contributed by atoms with E-state index in [1.54, 1.807) is 36.4 Å². The summed E-state index contributed by atoms with van der Waals surface area (Å²) in [5.41, 5.74) is 1.52. The normalized spacial score (nSPS) is 13.2. The molecule has 4 rings (SSSR count). The van der Waals surface area contributed by atoms with Gasteiger partial charge in [0.05, 0.1) is 45.2 Å². The number of hydrogen-bond donors (Lipinski definition) is 0. The molecule has 0 unspecified atom stereocenters. The van der Waals surface area contributed by atoms with Crippen molar-refractivity contribution >= 4 is 11.9 Å². The fourth-order valence-corrected chi connectivity index (χ4v) is 4.23. The highest BCUT2D eigenvalue weighted by Gasteiger charge is 2.33. The molecule has 0 bridgehead atoms. The minimum atomic E-state index is -0.487. The zero-order chi connectivity index (χ0) is 32.5. The van der Waals surface area contributed by atoms with Gasteiger partial charge >= 0.3 is 11.9 Å². The van der Waals surface area contributed by atoms with Crippen molar-refractivity contribution < 1.29 is 47.5 Å². The minimum absolute atomic E-state index is 0.151. The minimum Gasteiger partial charge on any atom is -0.494 e. The summed E-state index contributed by atoms with van der Waals surface area (Å²) >= 11 is 0. The van der Waals surface area contributed by atoms with Gasteiger partial charge in [0.15, 0.2) is 0 Å². The van der Waals surface area contributed by atoms with Gasteiger partial charge in [-0.25, -0.2) is 9.59 Å². The van der Waals surface area contributed by atoms with E-state index in [-0.39, 0.29) is 18.6 Å². The van der Waals surface area contributed by atoms with Crippen LogP contribution in [-0.2, 0) is 30.3 Å². The third-order valence-corrected chi connectivity index (χ3v) is 6.89. The van der Waals surface area contributed by atoms with Gasteiger partial charge in [0.2, 0.25) is 0 Å². The second-order valence-electron chi connectivity index (χ2n) is 11.1. The van der Waals surface area contributed by atoms with Gasteiger partial charge in [0, 0.05) is 18.1 Å². The Hall–Kier alpha value is -4.38. The average molecular weight is 635 g/mol. The number of carbonyl (C=O) groups is 2. The van der Waals surface area contributed by atoms with Gasteiger partial charge in [-0.05, 0) is 79.1 Å². The number of benzene rings is 3. The summed E-state index contributed by atoms with van der Waals surface area (Å²) in [5.74, 6) is 1.59. The summed E-state index contributed by atoms with van der Waals surface area (Å²) in [5, 5.41) is 0. The number of rotatable bonds is 21. The number of carbonyl (C=O) groups excluding carboxylic acids is 2. The second kappa shape index (κ2) is 18.6. The highest BCUT2D eigenvalue weighted by molar-refractivity contribution is 5.91. The van der Waals surface area contributed by atoms with Crippen molar-refractivity contribution in [1.29, 1.82) is 0 Å². The maximum atomic E-state index is 12.6. The van der Waals surface area contributed by atoms with Crippen molar-refractivity contribution in [2.45, 2.75) is 26.4 Å². The maximum Gasteiger partial charge on any atom is 0.343 e. The zero-order valence-corrected chi connectivity index (χ0v) is 26.3. The van der Waals surface area contributed by atoms with Gasteiger partial charge in [0.25, 0.3) is 0 Å². The fourth-order valence-electron chi connectivity index (χ4n) is 4.23. The van der Waals surface area contributed by atoms with Gasteiger partial charge in [-0.2, -0.15) is 0 Å². The molecular weight excluding hydrogens is 592 g/mol. The lowest BCUT2D eigenvalue weighted by Crippen LogP contribution is -2.43. The lowest BCUT2D eigenvalue weighted by molar-refractivity contribution is -0.139. The molecule has 1 heterocycles. The van der Waals surface area contributed by atoms with Crippen LogP contribution in [0.15, 0.2) is 85.5 Å². The Morgan fingerprint density at radius 3 is 1.96 bits per heavy atom. The molecule has 3 aromatic rings. The number of unbranched alkanes of at least 4 members (excludes halogenated alkanes) is 1. The van der Waals surface area contributed by atoms with Crippen LogP contribution < -0.4 is 18.9 Å². The van der Waals surface area contributed by atoms with Crippen LogP contribution >= 0.6 is 0 Å². The Balaban J connectivity index is 1.07. The Bertz CT molecular complexity index is 1350. The Labute approximate surface area is 270 Å². The van der Waals surface area contributed by atoms with E-state index in [0.717, 1.165) is 62.4 Å². The molecule has 3 aromatic carbocycles. The van der Waals surface area contributed by atoms with E-state index in [9.17, 15) is 9.59 Å². The Morgan fingerprint density at radius 2 is 1.30 bits per heavy atom. The van der Waals surface area contributed by atoms with Gasteiger partial charge in [0.1, 0.15) is 42.8 Å². The fraction of sp³-hybridized carbons (Fsp3) is 0.389. The number of ether oxygens (including phenoxy) is 8. The molecule has 1 saturated heterocycles. The molecule has 1 aliphatic rings. The summed E-state index contributed by atoms with van der Waals surface area (Å²) < 4.78 is 44.0. The van der Waals surface area contributed by atoms with Crippen molar-refractivity contribution in [3.63, 3.8) is 0 Å². The van der Waals surface area contributed by atoms with Gasteiger partial charge in [-0.1, -0.05) is 25.6 Å². The SMILES string of the molecule is C=CC(=O)OCCOCCOc1ccc(C(=O)Oc2ccc(COc3ccc(OCCCCOCC4(C)COC4)cc3)cc2)cc1. The topological polar surface area (TPSA) is 108 Å². The average Bonchev–Trinajstić information content (AvgIpc) is 3.07. The van der Waals surface area contributed by atoms with Crippen LogP contribution in [0.1, 0.15) is 35.7 Å². The third kappa shape index (κ3) is 12.2. The first-order valence-electron chi connectivity index (χ1n) is 15.3. The molecule has 246 valence electrons. The highest BCUT2D eigenvalue weighted by Crippen LogP contribution is 2.26. The first-order valence-corrected chi connectivity index (χ1v) is 15.3. The molecular formula is C36H42O10. The van der Waals surface area contributed by atoms with E-state index in [1.807, 2.05) is 36.4 Å². The quantitative estimate of drug-likeness (QED) is 0.0616. The van der Waals surface area contributed by atoms with Crippen LogP contribution in [0.2, 0.25) is 0 Å². The molecule has 0 amide bonds. The van der Waals surface area contributed by atoms with Crippen LogP contribution in [0, 0.1) is 5.41 Å². The molecule has 10 nitrogen and oxygen atoms in total. The smallest absolute Gasteiger partial charge is 0.343 e. The molecule has 0 aromatic heterocycles. The van der Waals surface area contributed by atoms with Crippen LogP contribution in [-0.4, -0.2) is 71.4 Å². The molecule has 0 aliphatic carbocycles. The standard InChI is InChI=1S/C36H42O10/c1-3-34(37)44-23-21-39-20-22-43-30-12-8-29(9-13-30)35(38)46-33-10-6-28(7-11-33)24-45-32-16-14-31(15-17-32)42-19-5-4-18-40-25-36(2)26-41-27-36/h3,6-17H,1,4-5,18-27H2,2H3. The monoisotopic (exact) mass is 634 g/mol. The molecule has 46 heavy (non-hydrogen) atoms. The first-order chi connectivity index (χ1) is 22.4. The van der Waals surface area contributed by atoms with E-state index in [4.69, 9.17) is 37.9 Å². The van der Waals surface area contributed by atoms with Crippen LogP contribution in [0.4, 0.5) is 0 Å². The maximum absolute atomic E-state index is 12.6. The molecule has 1 aliphatic heterocycles. The Morgan fingerprint density at radius 1 is 0.717 bits per heavy atom. The Kier molecular flexibility index (Phi) is 13.9. The zero-order valence-electron chi connectivity index (χ0n) is 26.3. The summed E-state index contributed by atoms with van der Waals surface area (Å²) in [7, 11) is 0. The lowest BCUT2D eigenvalue weighted by atomic mass is 9.90. The van der Waals surface area contributed by atoms with E-state index in [0.29, 0.717) is 43.5 Å². The van der Waals surface area contributed by atoms with E-state index in [1.165, 1.54) is 0 Å². The van der Waals surface area contributed by atoms with E-state index < -0.39 is 11.9 Å². The number of esters is 2. The van der Waals surface area contributed by atoms with Crippen molar-refractivity contribution in [3.8, 4) is 23.0 Å². The molecule has 0 atom stereocenters. The summed E-state index contributed by atoms with van der Waals surface area (Å²) in [4.78, 5) is 23.5. The van der Waals surface area contributed by atoms with Gasteiger partial charge in [-0.15, -0.1) is 0 Å². The predicted octanol–water partition coefficient (Wildman–Crippen LogP) is 5.82. The van der Waals surface area contributed by atoms with E-state index in [2.05, 4.69) is 13.5 Å². The molecule has 10 heteroatoms. The van der Waals surface area contributed by atoms with Crippen molar-refractivity contribution in [1.82, 2.24) is 0 Å². The number of hydrogen-bond acceptors (Lipinski definition) is 10. The summed E-state index contributed by atoms with van der Waals surface area (Å²) in [6, 6.07) is 21.4. The van der Waals surface area contributed by atoms with Crippen molar-refractivity contribution in [2.24, 2.45) is 5.41 Å². The largest absolute Gasteiger partial charge is 0.494 e. The molecule has 0 saturated carbocycles. The molecule has 0 radical (unpaired) electrons. The van der Waals surface area contributed by atoms with Crippen LogP contribution in [0.3, 0.4) is 0 Å².